The minimum Gasteiger partial charge on any atom is -0.303 e. The maximum atomic E-state index is 11.9. The predicted molar refractivity (Wildman–Crippen MR) is 65.6 cm³/mol. The Morgan fingerprint density at radius 3 is 2.41 bits per heavy atom. The molecule has 96 valence electrons. The van der Waals surface area contributed by atoms with E-state index in [4.69, 9.17) is 0 Å². The van der Waals surface area contributed by atoms with Gasteiger partial charge in [-0.25, -0.2) is 0 Å². The largest absolute Gasteiger partial charge is 0.303 e. The van der Waals surface area contributed by atoms with Gasteiger partial charge in [0.25, 0.3) is 0 Å². The van der Waals surface area contributed by atoms with Crippen molar-refractivity contribution in [3.05, 3.63) is 0 Å². The van der Waals surface area contributed by atoms with Crippen molar-refractivity contribution >= 4 is 17.9 Å². The van der Waals surface area contributed by atoms with Crippen LogP contribution in [0.5, 0.6) is 0 Å². The maximum absolute atomic E-state index is 11.9. The summed E-state index contributed by atoms with van der Waals surface area (Å²) in [6.45, 7) is 5.90. The molecule has 0 aliphatic heterocycles. The van der Waals surface area contributed by atoms with Crippen molar-refractivity contribution in [2.75, 3.05) is 0 Å². The van der Waals surface area contributed by atoms with Gasteiger partial charge in [-0.3, -0.25) is 4.79 Å². The van der Waals surface area contributed by atoms with Crippen LogP contribution in [0.2, 0.25) is 0 Å². The summed E-state index contributed by atoms with van der Waals surface area (Å²) in [7, 11) is 0. The van der Waals surface area contributed by atoms with Crippen LogP contribution < -0.4 is 0 Å². The smallest absolute Gasteiger partial charge is 0.136 e. The average Bonchev–Trinajstić information content (AvgIpc) is 2.22. The van der Waals surface area contributed by atoms with Crippen molar-refractivity contribution in [2.24, 2.45) is 17.3 Å². The van der Waals surface area contributed by atoms with Crippen molar-refractivity contribution in [3.63, 3.8) is 0 Å². The summed E-state index contributed by atoms with van der Waals surface area (Å²) < 4.78 is 0. The number of aldehydes is 1. The van der Waals surface area contributed by atoms with Crippen LogP contribution in [0, 0.1) is 17.3 Å². The molecule has 0 unspecified atom stereocenters. The topological polar surface area (TPSA) is 51.2 Å². The third-order valence-corrected chi connectivity index (χ3v) is 3.97. The highest BCUT2D eigenvalue weighted by molar-refractivity contribution is 5.84. The Morgan fingerprint density at radius 1 is 1.29 bits per heavy atom. The molecule has 1 aliphatic rings. The van der Waals surface area contributed by atoms with Gasteiger partial charge in [-0.1, -0.05) is 13.8 Å². The fourth-order valence-corrected chi connectivity index (χ4v) is 2.92. The first-order valence-electron chi connectivity index (χ1n) is 6.34. The molecule has 17 heavy (non-hydrogen) atoms. The quantitative estimate of drug-likeness (QED) is 0.640. The molecular formula is C14H22O3. The molecule has 0 aromatic heterocycles. The summed E-state index contributed by atoms with van der Waals surface area (Å²) in [5.74, 6) is 0.770. The van der Waals surface area contributed by atoms with Crippen molar-refractivity contribution in [3.8, 4) is 0 Å². The van der Waals surface area contributed by atoms with E-state index in [1.54, 1.807) is 6.92 Å². The maximum Gasteiger partial charge on any atom is 0.136 e. The molecule has 0 heterocycles. The van der Waals surface area contributed by atoms with E-state index in [2.05, 4.69) is 13.8 Å². The normalized spacial score (nSPS) is 26.1. The highest BCUT2D eigenvalue weighted by Crippen LogP contribution is 2.53. The summed E-state index contributed by atoms with van der Waals surface area (Å²) in [5.41, 5.74) is 0.164. The first-order chi connectivity index (χ1) is 7.88. The highest BCUT2D eigenvalue weighted by atomic mass is 16.1. The highest BCUT2D eigenvalue weighted by Gasteiger charge is 2.49. The van der Waals surface area contributed by atoms with Crippen LogP contribution in [0.4, 0.5) is 0 Å². The third-order valence-electron chi connectivity index (χ3n) is 3.97. The number of Topliss-reactive ketones (excluding diaryl/α,β-unsaturated/α-hetero) is 2. The fourth-order valence-electron chi connectivity index (χ4n) is 2.92. The second-order valence-electron chi connectivity index (χ2n) is 5.82. The number of ketones is 2. The van der Waals surface area contributed by atoms with E-state index in [1.807, 2.05) is 0 Å². The van der Waals surface area contributed by atoms with Crippen LogP contribution in [-0.2, 0) is 14.4 Å². The fraction of sp³-hybridized carbons (Fsp3) is 0.786. The lowest BCUT2D eigenvalue weighted by atomic mass is 9.53. The van der Waals surface area contributed by atoms with Gasteiger partial charge in [0.15, 0.2) is 0 Å². The molecule has 0 saturated heterocycles. The lowest BCUT2D eigenvalue weighted by molar-refractivity contribution is -0.138. The predicted octanol–water partition coefficient (Wildman–Crippen LogP) is 2.57. The molecule has 0 spiro atoms. The van der Waals surface area contributed by atoms with Crippen molar-refractivity contribution in [1.82, 2.24) is 0 Å². The summed E-state index contributed by atoms with van der Waals surface area (Å²) in [4.78, 5) is 33.2. The van der Waals surface area contributed by atoms with E-state index in [9.17, 15) is 14.4 Å². The number of carbonyl (C=O) groups is 3. The van der Waals surface area contributed by atoms with Gasteiger partial charge >= 0.3 is 0 Å². The Labute approximate surface area is 103 Å². The Bertz CT molecular complexity index is 317. The SMILES string of the molecule is CC(=O)CC[C@@H]1[C@@H](C(=O)CCC=O)CC1(C)C. The summed E-state index contributed by atoms with van der Waals surface area (Å²) in [6.07, 6.45) is 3.75. The van der Waals surface area contributed by atoms with Crippen molar-refractivity contribution < 1.29 is 14.4 Å². The molecule has 2 atom stereocenters. The lowest BCUT2D eigenvalue weighted by Crippen LogP contribution is -2.47. The van der Waals surface area contributed by atoms with Gasteiger partial charge in [-0.15, -0.1) is 0 Å². The lowest BCUT2D eigenvalue weighted by Gasteiger charge is -2.51. The van der Waals surface area contributed by atoms with Crippen LogP contribution in [0.1, 0.15) is 52.9 Å². The van der Waals surface area contributed by atoms with Gasteiger partial charge in [-0.05, 0) is 31.1 Å². The van der Waals surface area contributed by atoms with Crippen molar-refractivity contribution in [2.45, 2.75) is 52.9 Å². The van der Waals surface area contributed by atoms with Crippen LogP contribution in [0.15, 0.2) is 0 Å². The van der Waals surface area contributed by atoms with Gasteiger partial charge in [0.1, 0.15) is 17.9 Å². The van der Waals surface area contributed by atoms with Gasteiger partial charge in [0.05, 0.1) is 0 Å². The number of carbonyl (C=O) groups excluding carboxylic acids is 3. The number of hydrogen-bond donors (Lipinski definition) is 0. The van der Waals surface area contributed by atoms with E-state index in [1.165, 1.54) is 0 Å². The Hall–Kier alpha value is -0.990. The van der Waals surface area contributed by atoms with Gasteiger partial charge in [-0.2, -0.15) is 0 Å². The van der Waals surface area contributed by atoms with E-state index in [0.29, 0.717) is 25.2 Å². The monoisotopic (exact) mass is 238 g/mol. The van der Waals surface area contributed by atoms with Crippen molar-refractivity contribution in [1.29, 1.82) is 0 Å². The Balaban J connectivity index is 2.53. The molecular weight excluding hydrogens is 216 g/mol. The van der Waals surface area contributed by atoms with E-state index in [0.717, 1.165) is 19.1 Å². The molecule has 0 aromatic rings. The molecule has 0 radical (unpaired) electrons. The van der Waals surface area contributed by atoms with Crippen LogP contribution in [0.3, 0.4) is 0 Å². The molecule has 1 aliphatic carbocycles. The van der Waals surface area contributed by atoms with Gasteiger partial charge in [0, 0.05) is 25.2 Å². The Morgan fingerprint density at radius 2 is 1.94 bits per heavy atom. The summed E-state index contributed by atoms with van der Waals surface area (Å²) in [6, 6.07) is 0. The van der Waals surface area contributed by atoms with E-state index in [-0.39, 0.29) is 22.9 Å². The number of hydrogen-bond acceptors (Lipinski definition) is 3. The molecule has 3 nitrogen and oxygen atoms in total. The third kappa shape index (κ3) is 3.48. The minimum absolute atomic E-state index is 0.0734. The zero-order valence-electron chi connectivity index (χ0n) is 11.0. The van der Waals surface area contributed by atoms with Crippen LogP contribution in [-0.4, -0.2) is 17.9 Å². The standard InChI is InChI=1S/C14H22O3/c1-10(16)6-7-12-11(9-14(12,2)3)13(17)5-4-8-15/h8,11-12H,4-7,9H2,1-3H3/t11-,12+/m0/s1. The average molecular weight is 238 g/mol. The Kier molecular flexibility index (Phi) is 4.61. The van der Waals surface area contributed by atoms with E-state index >= 15 is 0 Å². The molecule has 3 heteroatoms. The van der Waals surface area contributed by atoms with Gasteiger partial charge < -0.3 is 9.59 Å². The molecule has 1 saturated carbocycles. The van der Waals surface area contributed by atoms with Crippen LogP contribution in [0.25, 0.3) is 0 Å². The zero-order valence-corrected chi connectivity index (χ0v) is 11.0. The molecule has 0 N–H and O–H groups in total. The first kappa shape index (κ1) is 14.1. The summed E-state index contributed by atoms with van der Waals surface area (Å²) in [5, 5.41) is 0. The summed E-state index contributed by atoms with van der Waals surface area (Å²) >= 11 is 0. The van der Waals surface area contributed by atoms with Gasteiger partial charge in [0.2, 0.25) is 0 Å². The number of rotatable bonds is 7. The molecule has 1 fully saturated rings. The minimum atomic E-state index is 0.0734. The zero-order chi connectivity index (χ0) is 13.1. The molecule has 0 amide bonds. The molecule has 0 bridgehead atoms. The molecule has 1 rings (SSSR count). The first-order valence-corrected chi connectivity index (χ1v) is 6.34. The van der Waals surface area contributed by atoms with Crippen LogP contribution >= 0.6 is 0 Å². The second kappa shape index (κ2) is 5.56. The van der Waals surface area contributed by atoms with E-state index < -0.39 is 0 Å². The molecule has 0 aromatic carbocycles. The second-order valence-corrected chi connectivity index (χ2v) is 5.82.